The summed E-state index contributed by atoms with van der Waals surface area (Å²) in [7, 11) is 2.02. The van der Waals surface area contributed by atoms with E-state index in [1.165, 1.54) is 38.0 Å². The van der Waals surface area contributed by atoms with Gasteiger partial charge in [-0.25, -0.2) is 0 Å². The Balaban J connectivity index is 1.91. The minimum atomic E-state index is 0.411. The maximum atomic E-state index is 6.03. The van der Waals surface area contributed by atoms with Crippen molar-refractivity contribution >= 4 is 11.6 Å². The van der Waals surface area contributed by atoms with Gasteiger partial charge in [0.15, 0.2) is 0 Å². The van der Waals surface area contributed by atoms with E-state index in [0.29, 0.717) is 6.04 Å². The number of benzene rings is 1. The third kappa shape index (κ3) is 3.70. The molecular formula is C14H21ClN2. The first-order valence-corrected chi connectivity index (χ1v) is 6.82. The monoisotopic (exact) mass is 252 g/mol. The van der Waals surface area contributed by atoms with Crippen LogP contribution < -0.4 is 5.32 Å². The van der Waals surface area contributed by atoms with E-state index in [1.807, 2.05) is 19.2 Å². The van der Waals surface area contributed by atoms with Crippen LogP contribution in [-0.2, 0) is 0 Å². The largest absolute Gasteiger partial charge is 0.313 e. The highest BCUT2D eigenvalue weighted by Crippen LogP contribution is 2.21. The molecule has 0 unspecified atom stereocenters. The highest BCUT2D eigenvalue weighted by atomic mass is 35.5. The molecule has 3 heteroatoms. The summed E-state index contributed by atoms with van der Waals surface area (Å²) in [4.78, 5) is 2.55. The summed E-state index contributed by atoms with van der Waals surface area (Å²) >= 11 is 6.03. The fraction of sp³-hybridized carbons (Fsp3) is 0.571. The van der Waals surface area contributed by atoms with Crippen LogP contribution in [-0.4, -0.2) is 31.6 Å². The molecule has 1 aromatic rings. The van der Waals surface area contributed by atoms with E-state index in [0.717, 1.165) is 11.4 Å². The van der Waals surface area contributed by atoms with Gasteiger partial charge in [-0.15, -0.1) is 0 Å². The lowest BCUT2D eigenvalue weighted by Crippen LogP contribution is -2.26. The van der Waals surface area contributed by atoms with Gasteiger partial charge in [0, 0.05) is 11.1 Å². The van der Waals surface area contributed by atoms with E-state index in [1.54, 1.807) is 0 Å². The number of halogens is 1. The van der Waals surface area contributed by atoms with E-state index < -0.39 is 0 Å². The number of nitrogens with one attached hydrogen (secondary N) is 1. The fourth-order valence-corrected chi connectivity index (χ4v) is 2.72. The van der Waals surface area contributed by atoms with Gasteiger partial charge in [0.05, 0.1) is 0 Å². The van der Waals surface area contributed by atoms with Gasteiger partial charge in [0.2, 0.25) is 0 Å². The lowest BCUT2D eigenvalue weighted by molar-refractivity contribution is 0.314. The van der Waals surface area contributed by atoms with Crippen molar-refractivity contribution in [2.45, 2.75) is 25.3 Å². The van der Waals surface area contributed by atoms with Gasteiger partial charge in [-0.05, 0) is 63.6 Å². The van der Waals surface area contributed by atoms with Crippen LogP contribution >= 0.6 is 11.6 Å². The third-order valence-corrected chi connectivity index (χ3v) is 3.77. The van der Waals surface area contributed by atoms with E-state index in [4.69, 9.17) is 11.6 Å². The first-order chi connectivity index (χ1) is 8.29. The van der Waals surface area contributed by atoms with Crippen LogP contribution in [0.25, 0.3) is 0 Å². The molecule has 1 aromatic carbocycles. The van der Waals surface area contributed by atoms with Crippen molar-refractivity contribution in [3.8, 4) is 0 Å². The zero-order valence-electron chi connectivity index (χ0n) is 10.5. The van der Waals surface area contributed by atoms with Crippen molar-refractivity contribution in [1.82, 2.24) is 10.2 Å². The van der Waals surface area contributed by atoms with Crippen LogP contribution in [0.2, 0.25) is 5.02 Å². The second kappa shape index (κ2) is 6.39. The molecule has 0 aliphatic carbocycles. The Hall–Kier alpha value is -0.570. The Labute approximate surface area is 109 Å². The van der Waals surface area contributed by atoms with Gasteiger partial charge in [0.1, 0.15) is 0 Å². The number of likely N-dealkylation sites (tertiary alicyclic amines) is 1. The minimum Gasteiger partial charge on any atom is -0.313 e. The molecule has 1 heterocycles. The van der Waals surface area contributed by atoms with Crippen molar-refractivity contribution in [1.29, 1.82) is 0 Å². The predicted octanol–water partition coefficient (Wildman–Crippen LogP) is 3.09. The molecule has 0 saturated carbocycles. The zero-order valence-corrected chi connectivity index (χ0v) is 11.2. The second-order valence-electron chi connectivity index (χ2n) is 4.73. The Kier molecular flexibility index (Phi) is 4.84. The van der Waals surface area contributed by atoms with Crippen molar-refractivity contribution < 1.29 is 0 Å². The van der Waals surface area contributed by atoms with E-state index in [2.05, 4.69) is 22.3 Å². The Morgan fingerprint density at radius 3 is 2.76 bits per heavy atom. The summed E-state index contributed by atoms with van der Waals surface area (Å²) in [6.45, 7) is 3.72. The first kappa shape index (κ1) is 12.9. The lowest BCUT2D eigenvalue weighted by Gasteiger charge is -2.21. The average molecular weight is 253 g/mol. The average Bonchev–Trinajstić information content (AvgIpc) is 2.83. The molecule has 0 radical (unpaired) electrons. The molecule has 0 aromatic heterocycles. The van der Waals surface area contributed by atoms with Crippen molar-refractivity contribution in [2.24, 2.45) is 0 Å². The molecule has 1 N–H and O–H groups in total. The van der Waals surface area contributed by atoms with Crippen LogP contribution in [0, 0.1) is 0 Å². The SMILES string of the molecule is CN[C@@H](CCN1CCCC1)c1cccc(Cl)c1. The predicted molar refractivity (Wildman–Crippen MR) is 73.5 cm³/mol. The molecule has 1 saturated heterocycles. The van der Waals surface area contributed by atoms with Crippen LogP contribution in [0.1, 0.15) is 30.9 Å². The molecule has 17 heavy (non-hydrogen) atoms. The van der Waals surface area contributed by atoms with Gasteiger partial charge in [-0.2, -0.15) is 0 Å². The van der Waals surface area contributed by atoms with Crippen molar-refractivity contribution in [3.05, 3.63) is 34.9 Å². The quantitative estimate of drug-likeness (QED) is 0.867. The van der Waals surface area contributed by atoms with E-state index in [9.17, 15) is 0 Å². The van der Waals surface area contributed by atoms with Crippen LogP contribution in [0.5, 0.6) is 0 Å². The molecule has 0 spiro atoms. The van der Waals surface area contributed by atoms with Gasteiger partial charge in [-0.3, -0.25) is 0 Å². The highest BCUT2D eigenvalue weighted by molar-refractivity contribution is 6.30. The Morgan fingerprint density at radius 2 is 2.12 bits per heavy atom. The summed E-state index contributed by atoms with van der Waals surface area (Å²) in [5.41, 5.74) is 1.29. The summed E-state index contributed by atoms with van der Waals surface area (Å²) in [5, 5.41) is 4.21. The molecule has 1 aliphatic heterocycles. The maximum absolute atomic E-state index is 6.03. The zero-order chi connectivity index (χ0) is 12.1. The summed E-state index contributed by atoms with van der Waals surface area (Å²) in [5.74, 6) is 0. The normalized spacial score (nSPS) is 18.5. The molecular weight excluding hydrogens is 232 g/mol. The molecule has 0 bridgehead atoms. The van der Waals surface area contributed by atoms with E-state index >= 15 is 0 Å². The van der Waals surface area contributed by atoms with Crippen LogP contribution in [0.15, 0.2) is 24.3 Å². The number of rotatable bonds is 5. The molecule has 0 amide bonds. The lowest BCUT2D eigenvalue weighted by atomic mass is 10.0. The topological polar surface area (TPSA) is 15.3 Å². The van der Waals surface area contributed by atoms with Crippen molar-refractivity contribution in [3.63, 3.8) is 0 Å². The van der Waals surface area contributed by atoms with Crippen LogP contribution in [0.4, 0.5) is 0 Å². The molecule has 1 aliphatic rings. The van der Waals surface area contributed by atoms with Gasteiger partial charge < -0.3 is 10.2 Å². The molecule has 94 valence electrons. The minimum absolute atomic E-state index is 0.411. The molecule has 1 atom stereocenters. The van der Waals surface area contributed by atoms with Gasteiger partial charge >= 0.3 is 0 Å². The summed E-state index contributed by atoms with van der Waals surface area (Å²) < 4.78 is 0. The molecule has 1 fully saturated rings. The first-order valence-electron chi connectivity index (χ1n) is 6.44. The number of nitrogens with zero attached hydrogens (tertiary/aromatic N) is 1. The highest BCUT2D eigenvalue weighted by Gasteiger charge is 2.15. The van der Waals surface area contributed by atoms with Crippen molar-refractivity contribution in [2.75, 3.05) is 26.7 Å². The van der Waals surface area contributed by atoms with Crippen LogP contribution in [0.3, 0.4) is 0 Å². The van der Waals surface area contributed by atoms with Gasteiger partial charge in [0.25, 0.3) is 0 Å². The smallest absolute Gasteiger partial charge is 0.0409 e. The van der Waals surface area contributed by atoms with Gasteiger partial charge in [-0.1, -0.05) is 23.7 Å². The summed E-state index contributed by atoms with van der Waals surface area (Å²) in [6, 6.07) is 8.58. The third-order valence-electron chi connectivity index (χ3n) is 3.53. The summed E-state index contributed by atoms with van der Waals surface area (Å²) in [6.07, 6.45) is 3.87. The molecule has 2 rings (SSSR count). The second-order valence-corrected chi connectivity index (χ2v) is 5.17. The number of hydrogen-bond acceptors (Lipinski definition) is 2. The maximum Gasteiger partial charge on any atom is 0.0409 e. The van der Waals surface area contributed by atoms with E-state index in [-0.39, 0.29) is 0 Å². The molecule has 2 nitrogen and oxygen atoms in total. The Bertz CT molecular complexity index is 348. The fourth-order valence-electron chi connectivity index (χ4n) is 2.52. The Morgan fingerprint density at radius 1 is 1.35 bits per heavy atom. The number of hydrogen-bond donors (Lipinski definition) is 1. The standard InChI is InChI=1S/C14H21ClN2/c1-16-14(7-10-17-8-2-3-9-17)12-5-4-6-13(15)11-12/h4-6,11,14,16H,2-3,7-10H2,1H3/t14-/m0/s1.